The Bertz CT molecular complexity index is 300. The molecular weight excluding hydrogens is 194 g/mol. The molecule has 1 heterocycles. The van der Waals surface area contributed by atoms with E-state index in [1.807, 2.05) is 27.7 Å². The Balaban J connectivity index is 2.79. The van der Waals surface area contributed by atoms with Crippen LogP contribution in [0.1, 0.15) is 23.9 Å². The summed E-state index contributed by atoms with van der Waals surface area (Å²) in [5.41, 5.74) is 8.97. The molecule has 2 N–H and O–H groups in total. The number of aromatic nitrogens is 2. The van der Waals surface area contributed by atoms with Gasteiger partial charge in [0.05, 0.1) is 0 Å². The highest BCUT2D eigenvalue weighted by atomic mass is 32.2. The molecule has 0 aliphatic carbocycles. The lowest BCUT2D eigenvalue weighted by Gasteiger charge is -2.07. The van der Waals surface area contributed by atoms with Crippen molar-refractivity contribution in [2.75, 3.05) is 5.75 Å². The summed E-state index contributed by atoms with van der Waals surface area (Å²) in [6.45, 7) is 8.06. The third-order valence-corrected chi connectivity index (χ3v) is 3.22. The molecule has 0 spiro atoms. The molecule has 78 valence electrons. The molecule has 0 unspecified atom stereocenters. The molecule has 0 saturated heterocycles. The molecule has 0 aromatic carbocycles. The lowest BCUT2D eigenvalue weighted by molar-refractivity contribution is 0.834. The fraction of sp³-hybridized carbons (Fsp3) is 0.600. The van der Waals surface area contributed by atoms with Crippen LogP contribution in [0.2, 0.25) is 0 Å². The molecule has 0 fully saturated rings. The number of hydrogen-bond donors (Lipinski definition) is 1. The molecule has 0 saturated carbocycles. The summed E-state index contributed by atoms with van der Waals surface area (Å²) in [7, 11) is 0. The van der Waals surface area contributed by atoms with Crippen molar-refractivity contribution in [1.82, 2.24) is 9.97 Å². The third kappa shape index (κ3) is 2.96. The van der Waals surface area contributed by atoms with Crippen LogP contribution < -0.4 is 5.73 Å². The zero-order chi connectivity index (χ0) is 10.7. The van der Waals surface area contributed by atoms with E-state index < -0.39 is 0 Å². The number of thioether (sulfide) groups is 1. The molecule has 0 radical (unpaired) electrons. The lowest BCUT2D eigenvalue weighted by atomic mass is 10.2. The Labute approximate surface area is 89.5 Å². The van der Waals surface area contributed by atoms with Crippen LogP contribution >= 0.6 is 11.8 Å². The highest BCUT2D eigenvalue weighted by Crippen LogP contribution is 2.17. The van der Waals surface area contributed by atoms with E-state index in [9.17, 15) is 0 Å². The second kappa shape index (κ2) is 4.75. The molecule has 1 atom stereocenters. The van der Waals surface area contributed by atoms with Crippen LogP contribution in [0.3, 0.4) is 0 Å². The van der Waals surface area contributed by atoms with Crippen LogP contribution in [0.4, 0.5) is 0 Å². The second-order valence-electron chi connectivity index (χ2n) is 3.59. The molecule has 0 aliphatic rings. The fourth-order valence-electron chi connectivity index (χ4n) is 1.01. The van der Waals surface area contributed by atoms with E-state index >= 15 is 0 Å². The van der Waals surface area contributed by atoms with Crippen LogP contribution in [0.25, 0.3) is 0 Å². The smallest absolute Gasteiger partial charge is 0.188 e. The quantitative estimate of drug-likeness (QED) is 0.612. The summed E-state index contributed by atoms with van der Waals surface area (Å²) in [5, 5.41) is 0.836. The van der Waals surface area contributed by atoms with Crippen molar-refractivity contribution in [3.05, 3.63) is 17.0 Å². The molecule has 0 aliphatic heterocycles. The molecule has 1 aromatic heterocycles. The lowest BCUT2D eigenvalue weighted by Crippen LogP contribution is -2.17. The summed E-state index contributed by atoms with van der Waals surface area (Å²) in [6.07, 6.45) is 0. The number of hydrogen-bond acceptors (Lipinski definition) is 4. The van der Waals surface area contributed by atoms with Crippen LogP contribution in [-0.2, 0) is 0 Å². The Hall–Kier alpha value is -0.610. The van der Waals surface area contributed by atoms with Gasteiger partial charge in [0.1, 0.15) is 0 Å². The van der Waals surface area contributed by atoms with Crippen molar-refractivity contribution in [2.45, 2.75) is 38.9 Å². The first-order chi connectivity index (χ1) is 6.50. The Morgan fingerprint density at radius 2 is 1.71 bits per heavy atom. The minimum Gasteiger partial charge on any atom is -0.327 e. The predicted octanol–water partition coefficient (Wildman–Crippen LogP) is 1.84. The topological polar surface area (TPSA) is 51.8 Å². The van der Waals surface area contributed by atoms with Gasteiger partial charge in [-0.3, -0.25) is 0 Å². The third-order valence-electron chi connectivity index (χ3n) is 2.09. The van der Waals surface area contributed by atoms with Gasteiger partial charge in [0, 0.05) is 23.2 Å². The molecule has 3 nitrogen and oxygen atoms in total. The van der Waals surface area contributed by atoms with E-state index in [0.717, 1.165) is 22.3 Å². The van der Waals surface area contributed by atoms with Gasteiger partial charge in [-0.15, -0.1) is 0 Å². The van der Waals surface area contributed by atoms with Crippen molar-refractivity contribution in [3.63, 3.8) is 0 Å². The standard InChI is InChI=1S/C10H17N3S/c1-6(11)5-14-10-12-8(3)7(2)9(4)13-10/h6H,5,11H2,1-4H3/t6-/m1/s1. The zero-order valence-corrected chi connectivity index (χ0v) is 9.98. The van der Waals surface area contributed by atoms with E-state index in [2.05, 4.69) is 9.97 Å². The monoisotopic (exact) mass is 211 g/mol. The van der Waals surface area contributed by atoms with Crippen molar-refractivity contribution in [2.24, 2.45) is 5.73 Å². The molecular formula is C10H17N3S. The maximum absolute atomic E-state index is 5.67. The van der Waals surface area contributed by atoms with Crippen LogP contribution in [0.15, 0.2) is 5.16 Å². The highest BCUT2D eigenvalue weighted by Gasteiger charge is 2.05. The largest absolute Gasteiger partial charge is 0.327 e. The number of rotatable bonds is 3. The number of nitrogens with two attached hydrogens (primary N) is 1. The Kier molecular flexibility index (Phi) is 3.89. The van der Waals surface area contributed by atoms with E-state index in [1.54, 1.807) is 11.8 Å². The zero-order valence-electron chi connectivity index (χ0n) is 9.16. The van der Waals surface area contributed by atoms with Gasteiger partial charge >= 0.3 is 0 Å². The predicted molar refractivity (Wildman–Crippen MR) is 60.6 cm³/mol. The van der Waals surface area contributed by atoms with Gasteiger partial charge in [-0.1, -0.05) is 11.8 Å². The van der Waals surface area contributed by atoms with Gasteiger partial charge < -0.3 is 5.73 Å². The average molecular weight is 211 g/mol. The Morgan fingerprint density at radius 1 is 1.21 bits per heavy atom. The average Bonchev–Trinajstić information content (AvgIpc) is 2.10. The van der Waals surface area contributed by atoms with Gasteiger partial charge in [-0.25, -0.2) is 9.97 Å². The second-order valence-corrected chi connectivity index (χ2v) is 4.58. The maximum atomic E-state index is 5.67. The summed E-state index contributed by atoms with van der Waals surface area (Å²) in [6, 6.07) is 0.186. The molecule has 1 aromatic rings. The normalized spacial score (nSPS) is 12.9. The first-order valence-corrected chi connectivity index (χ1v) is 5.69. The summed E-state index contributed by atoms with van der Waals surface area (Å²) in [4.78, 5) is 8.80. The SMILES string of the molecule is Cc1nc(SC[C@@H](C)N)nc(C)c1C. The Morgan fingerprint density at radius 3 is 2.14 bits per heavy atom. The van der Waals surface area contributed by atoms with E-state index in [1.165, 1.54) is 5.56 Å². The van der Waals surface area contributed by atoms with Gasteiger partial charge in [-0.2, -0.15) is 0 Å². The fourth-order valence-corrected chi connectivity index (χ4v) is 1.83. The summed E-state index contributed by atoms with van der Waals surface area (Å²) < 4.78 is 0. The van der Waals surface area contributed by atoms with Crippen molar-refractivity contribution < 1.29 is 0 Å². The molecule has 14 heavy (non-hydrogen) atoms. The van der Waals surface area contributed by atoms with E-state index in [0.29, 0.717) is 0 Å². The van der Waals surface area contributed by atoms with Crippen LogP contribution in [0, 0.1) is 20.8 Å². The van der Waals surface area contributed by atoms with Crippen molar-refractivity contribution in [1.29, 1.82) is 0 Å². The highest BCUT2D eigenvalue weighted by molar-refractivity contribution is 7.99. The first-order valence-electron chi connectivity index (χ1n) is 4.71. The molecule has 0 amide bonds. The number of aryl methyl sites for hydroxylation is 2. The van der Waals surface area contributed by atoms with Crippen LogP contribution in [0.5, 0.6) is 0 Å². The molecule has 4 heteroatoms. The maximum Gasteiger partial charge on any atom is 0.188 e. The van der Waals surface area contributed by atoms with E-state index in [-0.39, 0.29) is 6.04 Å². The molecule has 1 rings (SSSR count). The van der Waals surface area contributed by atoms with Gasteiger partial charge in [-0.05, 0) is 33.3 Å². The van der Waals surface area contributed by atoms with Gasteiger partial charge in [0.15, 0.2) is 5.16 Å². The summed E-state index contributed by atoms with van der Waals surface area (Å²) in [5.74, 6) is 0.863. The van der Waals surface area contributed by atoms with Crippen molar-refractivity contribution in [3.8, 4) is 0 Å². The van der Waals surface area contributed by atoms with E-state index in [4.69, 9.17) is 5.73 Å². The van der Waals surface area contributed by atoms with Gasteiger partial charge in [0.2, 0.25) is 0 Å². The number of nitrogens with zero attached hydrogens (tertiary/aromatic N) is 2. The van der Waals surface area contributed by atoms with Crippen LogP contribution in [-0.4, -0.2) is 21.8 Å². The van der Waals surface area contributed by atoms with Crippen molar-refractivity contribution >= 4 is 11.8 Å². The summed E-state index contributed by atoms with van der Waals surface area (Å²) >= 11 is 1.62. The minimum absolute atomic E-state index is 0.186. The first kappa shape index (κ1) is 11.5. The minimum atomic E-state index is 0.186. The molecule has 0 bridgehead atoms. The van der Waals surface area contributed by atoms with Gasteiger partial charge in [0.25, 0.3) is 0 Å².